The Bertz CT molecular complexity index is 1110. The summed E-state index contributed by atoms with van der Waals surface area (Å²) in [6, 6.07) is 16.5. The Morgan fingerprint density at radius 1 is 1.16 bits per heavy atom. The van der Waals surface area contributed by atoms with Crippen molar-refractivity contribution in [1.29, 1.82) is 0 Å². The van der Waals surface area contributed by atoms with Crippen LogP contribution >= 0.6 is 0 Å². The van der Waals surface area contributed by atoms with Crippen LogP contribution in [0.3, 0.4) is 0 Å². The fourth-order valence-corrected chi connectivity index (χ4v) is 5.05. The average molecular weight is 433 g/mol. The zero-order chi connectivity index (χ0) is 22.1. The van der Waals surface area contributed by atoms with Crippen molar-refractivity contribution < 1.29 is 13.9 Å². The minimum Gasteiger partial charge on any atom is -0.368 e. The lowest BCUT2D eigenvalue weighted by Crippen LogP contribution is -2.48. The molecule has 2 aromatic carbocycles. The Kier molecular flexibility index (Phi) is 5.68. The van der Waals surface area contributed by atoms with E-state index in [0.29, 0.717) is 39.0 Å². The van der Waals surface area contributed by atoms with Gasteiger partial charge >= 0.3 is 0 Å². The first kappa shape index (κ1) is 21.1. The van der Waals surface area contributed by atoms with E-state index in [1.54, 1.807) is 4.90 Å². The van der Waals surface area contributed by atoms with Crippen molar-refractivity contribution in [1.82, 2.24) is 9.88 Å². The molecule has 0 spiro atoms. The minimum atomic E-state index is -1.27. The number of halogens is 1. The largest absolute Gasteiger partial charge is 0.368 e. The second kappa shape index (κ2) is 8.62. The number of fused-ring (bicyclic) bond motifs is 1. The summed E-state index contributed by atoms with van der Waals surface area (Å²) in [4.78, 5) is 18.8. The number of piperidine rings is 1. The molecule has 0 unspecified atom stereocenters. The van der Waals surface area contributed by atoms with Crippen molar-refractivity contribution in [3.05, 3.63) is 65.9 Å². The van der Waals surface area contributed by atoms with Gasteiger partial charge in [-0.25, -0.2) is 4.39 Å². The van der Waals surface area contributed by atoms with E-state index < -0.39 is 5.67 Å². The van der Waals surface area contributed by atoms with Crippen LogP contribution in [0.25, 0.3) is 22.0 Å². The molecule has 3 heterocycles. The van der Waals surface area contributed by atoms with Crippen molar-refractivity contribution >= 4 is 16.8 Å². The summed E-state index contributed by atoms with van der Waals surface area (Å²) in [6.07, 6.45) is 4.36. The molecule has 1 amide bonds. The molecule has 5 rings (SSSR count). The summed E-state index contributed by atoms with van der Waals surface area (Å²) >= 11 is 0. The van der Waals surface area contributed by atoms with Crippen molar-refractivity contribution in [3.8, 4) is 11.1 Å². The Hall–Kier alpha value is -2.79. The average Bonchev–Trinajstić information content (AvgIpc) is 3.35. The summed E-state index contributed by atoms with van der Waals surface area (Å²) in [5.41, 5.74) is 4.16. The molecular formula is C27H29FN2O2. The molecule has 0 aliphatic carbocycles. The van der Waals surface area contributed by atoms with Gasteiger partial charge in [0, 0.05) is 37.7 Å². The lowest BCUT2D eigenvalue weighted by molar-refractivity contribution is -0.143. The number of rotatable bonds is 4. The van der Waals surface area contributed by atoms with E-state index in [2.05, 4.69) is 42.2 Å². The molecule has 1 atom stereocenters. The van der Waals surface area contributed by atoms with E-state index in [9.17, 15) is 4.79 Å². The summed E-state index contributed by atoms with van der Waals surface area (Å²) in [6.45, 7) is 3.69. The number of hydrogen-bond acceptors (Lipinski definition) is 3. The van der Waals surface area contributed by atoms with Crippen molar-refractivity contribution in [2.75, 3.05) is 19.7 Å². The smallest absolute Gasteiger partial charge is 0.251 e. The van der Waals surface area contributed by atoms with Gasteiger partial charge in [0.05, 0.1) is 5.52 Å². The number of likely N-dealkylation sites (tertiary alicyclic amines) is 1. The molecule has 32 heavy (non-hydrogen) atoms. The monoisotopic (exact) mass is 432 g/mol. The van der Waals surface area contributed by atoms with Crippen LogP contribution in [0.2, 0.25) is 0 Å². The van der Waals surface area contributed by atoms with Gasteiger partial charge in [-0.3, -0.25) is 9.78 Å². The van der Waals surface area contributed by atoms with Gasteiger partial charge in [0.15, 0.2) is 0 Å². The molecule has 2 aliphatic rings. The predicted molar refractivity (Wildman–Crippen MR) is 124 cm³/mol. The maximum atomic E-state index is 15.6. The molecule has 2 aliphatic heterocycles. The minimum absolute atomic E-state index is 0.0362. The van der Waals surface area contributed by atoms with E-state index in [1.165, 1.54) is 0 Å². The van der Waals surface area contributed by atoms with Crippen LogP contribution in [-0.2, 0) is 16.0 Å². The number of benzene rings is 2. The van der Waals surface area contributed by atoms with Gasteiger partial charge in [0.25, 0.3) is 5.91 Å². The van der Waals surface area contributed by atoms with Gasteiger partial charge < -0.3 is 9.64 Å². The Morgan fingerprint density at radius 3 is 2.66 bits per heavy atom. The maximum Gasteiger partial charge on any atom is 0.251 e. The molecule has 0 bridgehead atoms. The second-order valence-electron chi connectivity index (χ2n) is 9.16. The Balaban J connectivity index is 1.25. The van der Waals surface area contributed by atoms with Gasteiger partial charge in [-0.2, -0.15) is 0 Å². The van der Waals surface area contributed by atoms with Crippen molar-refractivity contribution in [3.63, 3.8) is 0 Å². The summed E-state index contributed by atoms with van der Waals surface area (Å²) in [7, 11) is 0. The van der Waals surface area contributed by atoms with Crippen LogP contribution in [0.4, 0.5) is 4.39 Å². The first-order valence-corrected chi connectivity index (χ1v) is 11.6. The van der Waals surface area contributed by atoms with E-state index in [0.717, 1.165) is 46.0 Å². The molecule has 2 fully saturated rings. The normalized spacial score (nSPS) is 20.6. The number of ether oxygens (including phenoxy) is 1. The fraction of sp³-hybridized carbons (Fsp3) is 0.407. The van der Waals surface area contributed by atoms with E-state index in [-0.39, 0.29) is 12.0 Å². The summed E-state index contributed by atoms with van der Waals surface area (Å²) in [5, 5.41) is 1.13. The molecule has 0 N–H and O–H groups in total. The van der Waals surface area contributed by atoms with E-state index in [4.69, 9.17) is 4.74 Å². The zero-order valence-electron chi connectivity index (χ0n) is 18.5. The number of aryl methyl sites for hydroxylation is 1. The predicted octanol–water partition coefficient (Wildman–Crippen LogP) is 5.26. The van der Waals surface area contributed by atoms with Crippen molar-refractivity contribution in [2.45, 2.75) is 50.8 Å². The highest BCUT2D eigenvalue weighted by Crippen LogP contribution is 2.33. The number of nitrogens with zero attached hydrogens (tertiary/aromatic N) is 2. The number of aromatic nitrogens is 1. The molecule has 0 radical (unpaired) electrons. The highest BCUT2D eigenvalue weighted by Gasteiger charge is 2.38. The lowest BCUT2D eigenvalue weighted by Gasteiger charge is -2.37. The van der Waals surface area contributed by atoms with Crippen LogP contribution in [0.1, 0.15) is 36.8 Å². The number of pyridine rings is 1. The van der Waals surface area contributed by atoms with Crippen LogP contribution in [-0.4, -0.2) is 47.3 Å². The number of carbonyl (C=O) groups excluding carboxylic acids is 1. The zero-order valence-corrected chi connectivity index (χ0v) is 18.5. The van der Waals surface area contributed by atoms with Gasteiger partial charge in [0.1, 0.15) is 11.8 Å². The number of carbonyl (C=O) groups is 1. The third-order valence-electron chi connectivity index (χ3n) is 6.99. The Morgan fingerprint density at radius 2 is 1.94 bits per heavy atom. The molecule has 4 nitrogen and oxygen atoms in total. The molecule has 166 valence electrons. The molecule has 1 aromatic heterocycles. The van der Waals surface area contributed by atoms with Gasteiger partial charge in [-0.05, 0) is 60.9 Å². The second-order valence-corrected chi connectivity index (χ2v) is 9.16. The maximum absolute atomic E-state index is 15.6. The molecule has 2 saturated heterocycles. The first-order chi connectivity index (χ1) is 15.5. The fourth-order valence-electron chi connectivity index (χ4n) is 5.05. The number of amides is 1. The first-order valence-electron chi connectivity index (χ1n) is 11.6. The molecule has 5 heteroatoms. The molecule has 0 saturated carbocycles. The summed E-state index contributed by atoms with van der Waals surface area (Å²) in [5.74, 6) is 0.0362. The number of alkyl halides is 1. The molecular weight excluding hydrogens is 403 g/mol. The quantitative estimate of drug-likeness (QED) is 0.565. The highest BCUT2D eigenvalue weighted by molar-refractivity contribution is 5.88. The third kappa shape index (κ3) is 4.14. The van der Waals surface area contributed by atoms with Crippen molar-refractivity contribution in [2.24, 2.45) is 0 Å². The van der Waals surface area contributed by atoms with Crippen LogP contribution in [0, 0.1) is 6.92 Å². The highest BCUT2D eigenvalue weighted by atomic mass is 19.1. The third-order valence-corrected chi connectivity index (χ3v) is 6.99. The standard InChI is InChI=1S/C27H29FN2O2/c1-19-23(11-10-22-4-2-14-29-25(19)22)21-8-6-20(7-9-21)18-27(28)12-15-30(16-13-27)26(31)24-5-3-17-32-24/h2,4,6-11,14,24H,3,5,12-13,15-18H2,1H3/t24-/m1/s1. The lowest BCUT2D eigenvalue weighted by atomic mass is 9.86. The SMILES string of the molecule is Cc1c(-c2ccc(CC3(F)CCN(C(=O)[C@H]4CCCO4)CC3)cc2)ccc2cccnc12. The van der Waals surface area contributed by atoms with Gasteiger partial charge in [-0.15, -0.1) is 0 Å². The van der Waals surface area contributed by atoms with Crippen LogP contribution in [0.5, 0.6) is 0 Å². The van der Waals surface area contributed by atoms with Gasteiger partial charge in [-0.1, -0.05) is 42.5 Å². The van der Waals surface area contributed by atoms with Crippen LogP contribution < -0.4 is 0 Å². The topological polar surface area (TPSA) is 42.4 Å². The van der Waals surface area contributed by atoms with Gasteiger partial charge in [0.2, 0.25) is 0 Å². The van der Waals surface area contributed by atoms with Crippen LogP contribution in [0.15, 0.2) is 54.7 Å². The molecule has 3 aromatic rings. The number of hydrogen-bond donors (Lipinski definition) is 0. The Labute approximate surface area is 188 Å². The summed E-state index contributed by atoms with van der Waals surface area (Å²) < 4.78 is 21.1. The van der Waals surface area contributed by atoms with E-state index >= 15 is 4.39 Å². The van der Waals surface area contributed by atoms with E-state index in [1.807, 2.05) is 24.4 Å².